The third-order valence-electron chi connectivity index (χ3n) is 3.44. The maximum Gasteiger partial charge on any atom is 0.325 e. The Bertz CT molecular complexity index is 742. The smallest absolute Gasteiger partial charge is 0.325 e. The molecule has 0 aliphatic heterocycles. The number of carbonyl (C=O) groups excluding carboxylic acids is 3. The van der Waals surface area contributed by atoms with Gasteiger partial charge in [0.15, 0.2) is 6.61 Å². The number of carbonyl (C=O) groups is 3. The van der Waals surface area contributed by atoms with Gasteiger partial charge in [-0.3, -0.25) is 14.4 Å². The standard InChI is InChI=1S/C18H21N3O4S/c1-21(2)14-7-5-13(6-8-14)10-19-16(22)12-25-17(23)11-20-18(24)15-4-3-9-26-15/h3-9H,10-12H2,1-2H3,(H,19,22)(H,20,24). The Morgan fingerprint density at radius 3 is 2.42 bits per heavy atom. The van der Waals surface area contributed by atoms with E-state index in [2.05, 4.69) is 10.6 Å². The SMILES string of the molecule is CN(C)c1ccc(CNC(=O)COC(=O)CNC(=O)c2cccs2)cc1. The van der Waals surface area contributed by atoms with Crippen molar-refractivity contribution in [3.8, 4) is 0 Å². The first-order valence-corrected chi connectivity index (χ1v) is 8.84. The molecular weight excluding hydrogens is 354 g/mol. The van der Waals surface area contributed by atoms with Crippen molar-refractivity contribution in [2.45, 2.75) is 6.54 Å². The molecule has 2 rings (SSSR count). The molecule has 0 spiro atoms. The average Bonchev–Trinajstić information content (AvgIpc) is 3.17. The topological polar surface area (TPSA) is 87.7 Å². The highest BCUT2D eigenvalue weighted by Crippen LogP contribution is 2.12. The predicted octanol–water partition coefficient (Wildman–Crippen LogP) is 1.40. The Morgan fingerprint density at radius 1 is 1.08 bits per heavy atom. The van der Waals surface area contributed by atoms with Crippen LogP contribution in [0.3, 0.4) is 0 Å². The molecule has 0 unspecified atom stereocenters. The monoisotopic (exact) mass is 375 g/mol. The van der Waals surface area contributed by atoms with Crippen molar-refractivity contribution < 1.29 is 19.1 Å². The maximum atomic E-state index is 11.7. The largest absolute Gasteiger partial charge is 0.454 e. The summed E-state index contributed by atoms with van der Waals surface area (Å²) in [5, 5.41) is 6.89. The van der Waals surface area contributed by atoms with Gasteiger partial charge in [-0.05, 0) is 29.1 Å². The lowest BCUT2D eigenvalue weighted by molar-refractivity contribution is -0.147. The van der Waals surface area contributed by atoms with E-state index in [1.165, 1.54) is 11.3 Å². The van der Waals surface area contributed by atoms with E-state index in [0.717, 1.165) is 11.3 Å². The Labute approximate surface area is 156 Å². The molecule has 0 aliphatic rings. The van der Waals surface area contributed by atoms with Crippen molar-refractivity contribution in [1.29, 1.82) is 0 Å². The van der Waals surface area contributed by atoms with Crippen LogP contribution in [-0.2, 0) is 20.9 Å². The molecule has 1 heterocycles. The molecule has 1 aromatic carbocycles. The number of benzene rings is 1. The van der Waals surface area contributed by atoms with Crippen LogP contribution in [0.4, 0.5) is 5.69 Å². The van der Waals surface area contributed by atoms with Crippen molar-refractivity contribution in [3.63, 3.8) is 0 Å². The number of amides is 2. The third-order valence-corrected chi connectivity index (χ3v) is 4.31. The lowest BCUT2D eigenvalue weighted by Crippen LogP contribution is -2.33. The maximum absolute atomic E-state index is 11.7. The molecule has 8 heteroatoms. The number of esters is 1. The molecule has 138 valence electrons. The van der Waals surface area contributed by atoms with Gasteiger partial charge in [-0.1, -0.05) is 18.2 Å². The minimum Gasteiger partial charge on any atom is -0.454 e. The number of nitrogens with one attached hydrogen (secondary N) is 2. The van der Waals surface area contributed by atoms with Crippen LogP contribution in [0.1, 0.15) is 15.2 Å². The summed E-state index contributed by atoms with van der Waals surface area (Å²) in [5.41, 5.74) is 2.01. The predicted molar refractivity (Wildman–Crippen MR) is 100 cm³/mol. The zero-order valence-electron chi connectivity index (χ0n) is 14.7. The van der Waals surface area contributed by atoms with Gasteiger partial charge in [0.2, 0.25) is 0 Å². The van der Waals surface area contributed by atoms with E-state index in [4.69, 9.17) is 4.74 Å². The Morgan fingerprint density at radius 2 is 1.81 bits per heavy atom. The molecule has 0 saturated carbocycles. The molecular formula is C18H21N3O4S. The number of nitrogens with zero attached hydrogens (tertiary/aromatic N) is 1. The van der Waals surface area contributed by atoms with E-state index in [0.29, 0.717) is 11.4 Å². The summed E-state index contributed by atoms with van der Waals surface area (Å²) in [5.74, 6) is -1.41. The quantitative estimate of drug-likeness (QED) is 0.681. The van der Waals surface area contributed by atoms with Crippen LogP contribution in [0.25, 0.3) is 0 Å². The lowest BCUT2D eigenvalue weighted by Gasteiger charge is -2.13. The van der Waals surface area contributed by atoms with E-state index in [1.807, 2.05) is 43.3 Å². The van der Waals surface area contributed by atoms with Gasteiger partial charge in [-0.2, -0.15) is 0 Å². The first kappa shape index (κ1) is 19.5. The van der Waals surface area contributed by atoms with Crippen LogP contribution >= 0.6 is 11.3 Å². The number of thiophene rings is 1. The highest BCUT2D eigenvalue weighted by Gasteiger charge is 2.11. The molecule has 7 nitrogen and oxygen atoms in total. The van der Waals surface area contributed by atoms with E-state index in [1.54, 1.807) is 17.5 Å². The van der Waals surface area contributed by atoms with Gasteiger partial charge in [-0.15, -0.1) is 11.3 Å². The van der Waals surface area contributed by atoms with Crippen molar-refractivity contribution in [3.05, 3.63) is 52.2 Å². The van der Waals surface area contributed by atoms with Gasteiger partial charge in [0.05, 0.1) is 4.88 Å². The van der Waals surface area contributed by atoms with E-state index >= 15 is 0 Å². The second kappa shape index (κ2) is 9.57. The van der Waals surface area contributed by atoms with Crippen LogP contribution in [0.15, 0.2) is 41.8 Å². The molecule has 2 aromatic rings. The van der Waals surface area contributed by atoms with Crippen molar-refractivity contribution in [1.82, 2.24) is 10.6 Å². The van der Waals surface area contributed by atoms with E-state index < -0.39 is 11.9 Å². The van der Waals surface area contributed by atoms with Gasteiger partial charge in [0.1, 0.15) is 6.54 Å². The van der Waals surface area contributed by atoms with E-state index in [9.17, 15) is 14.4 Å². The summed E-state index contributed by atoms with van der Waals surface area (Å²) in [6.45, 7) is -0.321. The lowest BCUT2D eigenvalue weighted by atomic mass is 10.2. The minimum absolute atomic E-state index is 0.282. The van der Waals surface area contributed by atoms with Crippen molar-refractivity contribution in [2.75, 3.05) is 32.1 Å². The fourth-order valence-electron chi connectivity index (χ4n) is 2.01. The molecule has 2 amide bonds. The summed E-state index contributed by atoms with van der Waals surface area (Å²) >= 11 is 1.28. The van der Waals surface area contributed by atoms with Gasteiger partial charge < -0.3 is 20.3 Å². The fourth-order valence-corrected chi connectivity index (χ4v) is 2.65. The highest BCUT2D eigenvalue weighted by molar-refractivity contribution is 7.12. The molecule has 0 bridgehead atoms. The summed E-state index contributed by atoms with van der Waals surface area (Å²) in [4.78, 5) is 37.5. The second-order valence-electron chi connectivity index (χ2n) is 5.66. The normalized spacial score (nSPS) is 10.1. The summed E-state index contributed by atoms with van der Waals surface area (Å²) < 4.78 is 4.84. The number of anilines is 1. The summed E-state index contributed by atoms with van der Waals surface area (Å²) in [7, 11) is 3.90. The van der Waals surface area contributed by atoms with Crippen LogP contribution in [0, 0.1) is 0 Å². The first-order valence-electron chi connectivity index (χ1n) is 7.96. The number of ether oxygens (including phenoxy) is 1. The zero-order valence-corrected chi connectivity index (χ0v) is 15.5. The van der Waals surface area contributed by atoms with Gasteiger partial charge in [-0.25, -0.2) is 0 Å². The molecule has 0 saturated heterocycles. The summed E-state index contributed by atoms with van der Waals surface area (Å²) in [6, 6.07) is 11.2. The van der Waals surface area contributed by atoms with Gasteiger partial charge in [0, 0.05) is 26.3 Å². The molecule has 0 radical (unpaired) electrons. The Kier molecular flexibility index (Phi) is 7.16. The number of hydrogen-bond acceptors (Lipinski definition) is 6. The van der Waals surface area contributed by atoms with Crippen LogP contribution in [0.2, 0.25) is 0 Å². The summed E-state index contributed by atoms with van der Waals surface area (Å²) in [6.07, 6.45) is 0. The first-order chi connectivity index (χ1) is 12.5. The van der Waals surface area contributed by atoms with Crippen LogP contribution in [-0.4, -0.2) is 45.0 Å². The van der Waals surface area contributed by atoms with E-state index in [-0.39, 0.29) is 19.1 Å². The molecule has 0 aliphatic carbocycles. The second-order valence-corrected chi connectivity index (χ2v) is 6.61. The minimum atomic E-state index is -0.666. The van der Waals surface area contributed by atoms with Crippen molar-refractivity contribution >= 4 is 34.8 Å². The number of hydrogen-bond donors (Lipinski definition) is 2. The Hall–Kier alpha value is -2.87. The number of rotatable bonds is 8. The average molecular weight is 375 g/mol. The molecule has 26 heavy (non-hydrogen) atoms. The van der Waals surface area contributed by atoms with Crippen molar-refractivity contribution in [2.24, 2.45) is 0 Å². The van der Waals surface area contributed by atoms with Gasteiger partial charge >= 0.3 is 5.97 Å². The van der Waals surface area contributed by atoms with Crippen LogP contribution in [0.5, 0.6) is 0 Å². The Balaban J connectivity index is 1.64. The zero-order chi connectivity index (χ0) is 18.9. The molecule has 2 N–H and O–H groups in total. The van der Waals surface area contributed by atoms with Crippen LogP contribution < -0.4 is 15.5 Å². The molecule has 0 fully saturated rings. The highest BCUT2D eigenvalue weighted by atomic mass is 32.1. The fraction of sp³-hybridized carbons (Fsp3) is 0.278. The molecule has 0 atom stereocenters. The third kappa shape index (κ3) is 6.21. The van der Waals surface area contributed by atoms with Gasteiger partial charge in [0.25, 0.3) is 11.8 Å². The molecule has 1 aromatic heterocycles.